The average Bonchev–Trinajstić information content (AvgIpc) is 2.10. The Labute approximate surface area is 73.5 Å². The van der Waals surface area contributed by atoms with Gasteiger partial charge in [-0.25, -0.2) is 0 Å². The summed E-state index contributed by atoms with van der Waals surface area (Å²) < 4.78 is 0. The first-order valence-electron chi connectivity index (χ1n) is 4.47. The fraction of sp³-hybridized carbons (Fsp3) is 0.778. The standard InChI is InChI=1S/C9H17NO2/c1-3-5-8(4-2)9(12)10-6-7-11/h7-8H,3-6H2,1-2H3,(H,10,12). The van der Waals surface area contributed by atoms with E-state index in [0.717, 1.165) is 19.3 Å². The molecule has 0 radical (unpaired) electrons. The maximum atomic E-state index is 11.3. The minimum Gasteiger partial charge on any atom is -0.349 e. The molecule has 0 aliphatic rings. The maximum Gasteiger partial charge on any atom is 0.223 e. The molecule has 1 N–H and O–H groups in total. The molecule has 0 heterocycles. The summed E-state index contributed by atoms with van der Waals surface area (Å²) in [5, 5.41) is 2.56. The van der Waals surface area contributed by atoms with Gasteiger partial charge in [-0.3, -0.25) is 4.79 Å². The number of nitrogens with one attached hydrogen (secondary N) is 1. The first kappa shape index (κ1) is 11.1. The van der Waals surface area contributed by atoms with Gasteiger partial charge in [0, 0.05) is 5.92 Å². The lowest BCUT2D eigenvalue weighted by Crippen LogP contribution is -2.31. The first-order chi connectivity index (χ1) is 5.76. The Kier molecular flexibility index (Phi) is 6.34. The van der Waals surface area contributed by atoms with Crippen molar-refractivity contribution < 1.29 is 9.59 Å². The fourth-order valence-corrected chi connectivity index (χ4v) is 1.16. The Balaban J connectivity index is 3.76. The van der Waals surface area contributed by atoms with Gasteiger partial charge in [0.2, 0.25) is 5.91 Å². The molecule has 3 nitrogen and oxygen atoms in total. The minimum absolute atomic E-state index is 0.00597. The van der Waals surface area contributed by atoms with Gasteiger partial charge in [-0.1, -0.05) is 20.3 Å². The van der Waals surface area contributed by atoms with E-state index >= 15 is 0 Å². The number of amides is 1. The van der Waals surface area contributed by atoms with E-state index in [1.54, 1.807) is 0 Å². The predicted octanol–water partition coefficient (Wildman–Crippen LogP) is 1.13. The Hall–Kier alpha value is -0.860. The molecule has 0 aliphatic heterocycles. The Morgan fingerprint density at radius 1 is 1.50 bits per heavy atom. The van der Waals surface area contributed by atoms with Gasteiger partial charge in [-0.05, 0) is 12.8 Å². The van der Waals surface area contributed by atoms with E-state index in [2.05, 4.69) is 12.2 Å². The van der Waals surface area contributed by atoms with Gasteiger partial charge in [0.05, 0.1) is 6.54 Å². The van der Waals surface area contributed by atoms with Crippen LogP contribution in [0.4, 0.5) is 0 Å². The van der Waals surface area contributed by atoms with Crippen molar-refractivity contribution in [2.24, 2.45) is 5.92 Å². The van der Waals surface area contributed by atoms with E-state index in [1.807, 2.05) is 6.92 Å². The molecule has 12 heavy (non-hydrogen) atoms. The molecular formula is C9H17NO2. The van der Waals surface area contributed by atoms with Gasteiger partial charge in [0.25, 0.3) is 0 Å². The summed E-state index contributed by atoms with van der Waals surface area (Å²) in [6, 6.07) is 0. The Morgan fingerprint density at radius 2 is 2.17 bits per heavy atom. The highest BCUT2D eigenvalue weighted by molar-refractivity contribution is 5.80. The number of hydrogen-bond acceptors (Lipinski definition) is 2. The summed E-state index contributed by atoms with van der Waals surface area (Å²) in [6.45, 7) is 4.18. The molecule has 0 rings (SSSR count). The molecule has 0 aromatic heterocycles. The molecule has 0 aromatic rings. The van der Waals surface area contributed by atoms with Crippen molar-refractivity contribution in [3.63, 3.8) is 0 Å². The van der Waals surface area contributed by atoms with Crippen LogP contribution in [0.1, 0.15) is 33.1 Å². The van der Waals surface area contributed by atoms with Crippen LogP contribution in [0.2, 0.25) is 0 Å². The van der Waals surface area contributed by atoms with Crippen LogP contribution in [0.3, 0.4) is 0 Å². The molecule has 1 amide bonds. The SMILES string of the molecule is CCCC(CC)C(=O)NCC=O. The Morgan fingerprint density at radius 3 is 2.58 bits per heavy atom. The summed E-state index contributed by atoms with van der Waals surface area (Å²) in [4.78, 5) is 21.2. The van der Waals surface area contributed by atoms with E-state index in [9.17, 15) is 9.59 Å². The van der Waals surface area contributed by atoms with Crippen molar-refractivity contribution in [2.75, 3.05) is 6.54 Å². The monoisotopic (exact) mass is 171 g/mol. The first-order valence-corrected chi connectivity index (χ1v) is 4.47. The predicted molar refractivity (Wildman–Crippen MR) is 47.8 cm³/mol. The van der Waals surface area contributed by atoms with Crippen molar-refractivity contribution in [1.82, 2.24) is 5.32 Å². The van der Waals surface area contributed by atoms with Crippen LogP contribution in [0.15, 0.2) is 0 Å². The third-order valence-corrected chi connectivity index (χ3v) is 1.86. The van der Waals surface area contributed by atoms with Gasteiger partial charge >= 0.3 is 0 Å². The second-order valence-corrected chi connectivity index (χ2v) is 2.81. The molecule has 1 unspecified atom stereocenters. The van der Waals surface area contributed by atoms with Crippen LogP contribution in [-0.2, 0) is 9.59 Å². The molecule has 0 spiro atoms. The van der Waals surface area contributed by atoms with Crippen LogP contribution < -0.4 is 5.32 Å². The molecular weight excluding hydrogens is 154 g/mol. The zero-order valence-electron chi connectivity index (χ0n) is 7.80. The third kappa shape index (κ3) is 4.11. The fourth-order valence-electron chi connectivity index (χ4n) is 1.16. The smallest absolute Gasteiger partial charge is 0.223 e. The highest BCUT2D eigenvalue weighted by Gasteiger charge is 2.13. The number of carbonyl (C=O) groups is 2. The van der Waals surface area contributed by atoms with Gasteiger partial charge in [0.15, 0.2) is 0 Å². The van der Waals surface area contributed by atoms with E-state index in [1.165, 1.54) is 0 Å². The lowest BCUT2D eigenvalue weighted by molar-refractivity contribution is -0.126. The van der Waals surface area contributed by atoms with Gasteiger partial charge in [-0.2, -0.15) is 0 Å². The largest absolute Gasteiger partial charge is 0.349 e. The molecule has 3 heteroatoms. The van der Waals surface area contributed by atoms with Crippen LogP contribution in [0.5, 0.6) is 0 Å². The van der Waals surface area contributed by atoms with E-state index in [4.69, 9.17) is 0 Å². The molecule has 70 valence electrons. The van der Waals surface area contributed by atoms with E-state index in [0.29, 0.717) is 6.29 Å². The maximum absolute atomic E-state index is 11.3. The number of carbonyl (C=O) groups excluding carboxylic acids is 2. The summed E-state index contributed by atoms with van der Waals surface area (Å²) in [6.07, 6.45) is 3.46. The zero-order chi connectivity index (χ0) is 9.40. The van der Waals surface area contributed by atoms with Crippen molar-refractivity contribution >= 4 is 12.2 Å². The van der Waals surface area contributed by atoms with Crippen molar-refractivity contribution in [2.45, 2.75) is 33.1 Å². The quantitative estimate of drug-likeness (QED) is 0.609. The lowest BCUT2D eigenvalue weighted by Gasteiger charge is -2.11. The third-order valence-electron chi connectivity index (χ3n) is 1.86. The van der Waals surface area contributed by atoms with Crippen LogP contribution in [-0.4, -0.2) is 18.7 Å². The zero-order valence-corrected chi connectivity index (χ0v) is 7.80. The molecule has 0 fully saturated rings. The topological polar surface area (TPSA) is 46.2 Å². The molecule has 0 bridgehead atoms. The lowest BCUT2D eigenvalue weighted by atomic mass is 10.00. The summed E-state index contributed by atoms with van der Waals surface area (Å²) in [5.74, 6) is 0.0846. The summed E-state index contributed by atoms with van der Waals surface area (Å²) >= 11 is 0. The highest BCUT2D eigenvalue weighted by Crippen LogP contribution is 2.09. The van der Waals surface area contributed by atoms with Crippen molar-refractivity contribution in [1.29, 1.82) is 0 Å². The summed E-state index contributed by atoms with van der Waals surface area (Å²) in [5.41, 5.74) is 0. The normalized spacial score (nSPS) is 12.2. The number of hydrogen-bond donors (Lipinski definition) is 1. The Bertz CT molecular complexity index is 145. The number of aldehydes is 1. The van der Waals surface area contributed by atoms with Gasteiger partial charge in [0.1, 0.15) is 6.29 Å². The van der Waals surface area contributed by atoms with Gasteiger partial charge < -0.3 is 10.1 Å². The minimum atomic E-state index is 0.00597. The molecule has 1 atom stereocenters. The summed E-state index contributed by atoms with van der Waals surface area (Å²) in [7, 11) is 0. The van der Waals surface area contributed by atoms with Crippen LogP contribution in [0, 0.1) is 5.92 Å². The van der Waals surface area contributed by atoms with E-state index in [-0.39, 0.29) is 18.4 Å². The molecule has 0 saturated heterocycles. The molecule has 0 aliphatic carbocycles. The second kappa shape index (κ2) is 6.83. The second-order valence-electron chi connectivity index (χ2n) is 2.81. The molecule has 0 saturated carbocycles. The van der Waals surface area contributed by atoms with Crippen LogP contribution in [0.25, 0.3) is 0 Å². The van der Waals surface area contributed by atoms with E-state index < -0.39 is 0 Å². The molecule has 0 aromatic carbocycles. The highest BCUT2D eigenvalue weighted by atomic mass is 16.2. The van der Waals surface area contributed by atoms with Crippen molar-refractivity contribution in [3.05, 3.63) is 0 Å². The van der Waals surface area contributed by atoms with Crippen LogP contribution >= 0.6 is 0 Å². The van der Waals surface area contributed by atoms with Gasteiger partial charge in [-0.15, -0.1) is 0 Å². The van der Waals surface area contributed by atoms with Crippen molar-refractivity contribution in [3.8, 4) is 0 Å². The number of rotatable bonds is 6. The average molecular weight is 171 g/mol.